The molecule has 4 aliphatic rings. The Bertz CT molecular complexity index is 1660. The number of rotatable bonds is 11. The van der Waals surface area contributed by atoms with Gasteiger partial charge in [-0.3, -0.25) is 34.4 Å². The third-order valence-corrected chi connectivity index (χ3v) is 12.8. The van der Waals surface area contributed by atoms with E-state index >= 15 is 0 Å². The Morgan fingerprint density at radius 1 is 1.09 bits per heavy atom. The summed E-state index contributed by atoms with van der Waals surface area (Å²) in [5.41, 5.74) is 1.07. The second kappa shape index (κ2) is 18.7. The number of aliphatic hydroxyl groups excluding tert-OH is 1. The van der Waals surface area contributed by atoms with Crippen LogP contribution in [-0.2, 0) is 44.6 Å². The van der Waals surface area contributed by atoms with Crippen molar-refractivity contribution in [3.8, 4) is 5.75 Å². The molecular formula is C42H64N4O12. The number of benzene rings is 1. The first-order valence-electron chi connectivity index (χ1n) is 20.6. The first-order valence-corrected chi connectivity index (χ1v) is 20.6. The van der Waals surface area contributed by atoms with Crippen molar-refractivity contribution >= 4 is 29.5 Å². The van der Waals surface area contributed by atoms with Gasteiger partial charge >= 0.3 is 12.1 Å². The van der Waals surface area contributed by atoms with Crippen LogP contribution in [0, 0.1) is 23.7 Å². The summed E-state index contributed by atoms with van der Waals surface area (Å²) in [4.78, 5) is 61.7. The maximum Gasteiger partial charge on any atom is 0.410 e. The number of aliphatic imine (C=N–C) groups is 1. The molecule has 2 amide bonds. The third-order valence-electron chi connectivity index (χ3n) is 12.8. The molecule has 1 aromatic carbocycles. The Kier molecular flexibility index (Phi) is 14.7. The van der Waals surface area contributed by atoms with Gasteiger partial charge in [0.05, 0.1) is 43.4 Å². The number of nitrogens with one attached hydrogen (secondary N) is 1. The fourth-order valence-electron chi connectivity index (χ4n) is 9.64. The highest BCUT2D eigenvalue weighted by Gasteiger charge is 2.60. The van der Waals surface area contributed by atoms with Crippen LogP contribution >= 0.6 is 0 Å². The molecule has 3 saturated heterocycles. The minimum Gasteiger partial charge on any atom is -0.493 e. The molecule has 2 bridgehead atoms. The molecule has 16 nitrogen and oxygen atoms in total. The number of ether oxygens (including phenoxy) is 6. The number of hydrogen-bond acceptors (Lipinski definition) is 14. The van der Waals surface area contributed by atoms with Crippen LogP contribution in [0.15, 0.2) is 29.3 Å². The first-order chi connectivity index (χ1) is 27.4. The fraction of sp³-hybridized carbons (Fsp3) is 0.738. The molecule has 0 unspecified atom stereocenters. The molecule has 0 saturated carbocycles. The van der Waals surface area contributed by atoms with Crippen molar-refractivity contribution in [2.24, 2.45) is 28.7 Å². The van der Waals surface area contributed by atoms with E-state index in [2.05, 4.69) is 6.92 Å². The topological polar surface area (TPSA) is 195 Å². The summed E-state index contributed by atoms with van der Waals surface area (Å²) < 4.78 is 37.2. The van der Waals surface area contributed by atoms with Crippen LogP contribution in [-0.4, -0.2) is 137 Å². The van der Waals surface area contributed by atoms with E-state index in [4.69, 9.17) is 38.6 Å². The van der Waals surface area contributed by atoms with E-state index in [0.717, 1.165) is 11.3 Å². The number of hydroxylamine groups is 1. The molecule has 3 N–H and O–H groups in total. The number of esters is 1. The Hall–Kier alpha value is -3.67. The molecule has 4 heterocycles. The van der Waals surface area contributed by atoms with Gasteiger partial charge in [-0.15, -0.1) is 0 Å². The van der Waals surface area contributed by atoms with Gasteiger partial charge in [-0.2, -0.15) is 0 Å². The van der Waals surface area contributed by atoms with Crippen molar-refractivity contribution in [2.45, 2.75) is 142 Å². The zero-order chi connectivity index (χ0) is 42.7. The van der Waals surface area contributed by atoms with Crippen molar-refractivity contribution in [3.05, 3.63) is 29.8 Å². The molecule has 5 rings (SSSR count). The lowest BCUT2D eigenvalue weighted by Crippen LogP contribution is -2.60. The van der Waals surface area contributed by atoms with Crippen LogP contribution in [0.1, 0.15) is 86.6 Å². The molecule has 16 heteroatoms. The lowest BCUT2D eigenvalue weighted by Gasteiger charge is -2.47. The Morgan fingerprint density at radius 2 is 1.78 bits per heavy atom. The quantitative estimate of drug-likeness (QED) is 0.126. The summed E-state index contributed by atoms with van der Waals surface area (Å²) in [5, 5.41) is 20.7. The zero-order valence-corrected chi connectivity index (χ0v) is 35.6. The van der Waals surface area contributed by atoms with Crippen molar-refractivity contribution in [2.75, 3.05) is 33.9 Å². The molecular weight excluding hydrogens is 752 g/mol. The minimum absolute atomic E-state index is 0.0116. The first kappa shape index (κ1) is 45.4. The average Bonchev–Trinajstić information content (AvgIpc) is 3.32. The van der Waals surface area contributed by atoms with E-state index in [1.54, 1.807) is 36.5 Å². The van der Waals surface area contributed by atoms with Gasteiger partial charge < -0.3 is 33.5 Å². The van der Waals surface area contributed by atoms with Crippen molar-refractivity contribution in [1.82, 2.24) is 15.3 Å². The van der Waals surface area contributed by atoms with Gasteiger partial charge in [-0.05, 0) is 77.6 Å². The van der Waals surface area contributed by atoms with Gasteiger partial charge in [-0.25, -0.2) is 10.3 Å². The molecule has 4 aliphatic heterocycles. The summed E-state index contributed by atoms with van der Waals surface area (Å²) in [6, 6.07) is 6.52. The maximum atomic E-state index is 14.4. The number of cyclic esters (lactones) is 1. The third kappa shape index (κ3) is 9.37. The van der Waals surface area contributed by atoms with Gasteiger partial charge in [0.1, 0.15) is 23.9 Å². The number of ketones is 1. The lowest BCUT2D eigenvalue weighted by molar-refractivity contribution is -0.296. The van der Waals surface area contributed by atoms with Crippen LogP contribution < -0.4 is 10.2 Å². The second-order valence-electron chi connectivity index (χ2n) is 17.0. The van der Waals surface area contributed by atoms with Crippen LogP contribution in [0.2, 0.25) is 0 Å². The highest BCUT2D eigenvalue weighted by atomic mass is 16.7. The van der Waals surface area contributed by atoms with Crippen molar-refractivity contribution in [3.63, 3.8) is 0 Å². The van der Waals surface area contributed by atoms with E-state index in [1.807, 2.05) is 58.7 Å². The van der Waals surface area contributed by atoms with Gasteiger partial charge in [0.15, 0.2) is 17.7 Å². The van der Waals surface area contributed by atoms with E-state index in [1.165, 1.54) is 6.92 Å². The van der Waals surface area contributed by atoms with Gasteiger partial charge in [0, 0.05) is 43.8 Å². The number of Topliss-reactive ketones (excluding diaryl/α,β-unsaturated/α-hetero) is 1. The summed E-state index contributed by atoms with van der Waals surface area (Å²) in [6.45, 7) is 16.1. The lowest BCUT2D eigenvalue weighted by atomic mass is 9.73. The molecule has 0 radical (unpaired) electrons. The van der Waals surface area contributed by atoms with Crippen LogP contribution in [0.4, 0.5) is 4.79 Å². The largest absolute Gasteiger partial charge is 0.493 e. The number of hydrogen-bond donors (Lipinski definition) is 3. The standard InChI is InChI=1S/C42H64N4O12/c1-11-31-42(8)36-25(4)33(43-17-18-46(36)40(51)58-42)23(2)21-41(7,53-10)37(26(5)34(48)27(6)38(50)56-31)57-39-35(49)30(20-24(3)55-39)45(9)22-28-12-14-29(15-13-28)54-19-16-32(47)44-52/h12-15,23-27,30-31,35-37,39,49,52H,11,16-22H2,1-10H3,(H,44,47)/t23-,24-,25+,26+,27-,30+,31-,35-,36-,37-,39+,41-,42-/m1/s1. The number of aliphatic hydroxyl groups is 1. The highest BCUT2D eigenvalue weighted by molar-refractivity contribution is 6.00. The number of carbonyl (C=O) groups is 4. The second-order valence-corrected chi connectivity index (χ2v) is 17.0. The normalized spacial score (nSPS) is 37.3. The van der Waals surface area contributed by atoms with Crippen molar-refractivity contribution < 1.29 is 57.9 Å². The SMILES string of the molecule is CC[C@H]1OC(=O)[C@H](C)C(=O)[C@H](C)[C@@H](O[C@@H]2O[C@H](C)C[C@H](N(C)Cc3ccc(OCCC(=O)NO)cc3)[C@H]2O)[C@](C)(OC)C[C@@H](C)C2=NCCN3C(=O)O[C@@]1(C)[C@H]3[C@H]2C. The van der Waals surface area contributed by atoms with E-state index in [0.29, 0.717) is 44.6 Å². The molecule has 0 spiro atoms. The van der Waals surface area contributed by atoms with Gasteiger partial charge in [0.25, 0.3) is 0 Å². The number of nitrogens with zero attached hydrogens (tertiary/aromatic N) is 3. The summed E-state index contributed by atoms with van der Waals surface area (Å²) in [6.07, 6.45) is -3.65. The molecule has 1 aromatic rings. The number of methoxy groups -OCH3 is 1. The Morgan fingerprint density at radius 3 is 2.41 bits per heavy atom. The van der Waals surface area contributed by atoms with Gasteiger partial charge in [0.2, 0.25) is 5.91 Å². The van der Waals surface area contributed by atoms with E-state index in [-0.39, 0.29) is 31.0 Å². The summed E-state index contributed by atoms with van der Waals surface area (Å²) in [7, 11) is 3.48. The Labute approximate surface area is 341 Å². The van der Waals surface area contributed by atoms with E-state index in [9.17, 15) is 24.3 Å². The van der Waals surface area contributed by atoms with Crippen LogP contribution in [0.3, 0.4) is 0 Å². The molecule has 324 valence electrons. The molecule has 58 heavy (non-hydrogen) atoms. The molecule has 3 fully saturated rings. The van der Waals surface area contributed by atoms with Crippen molar-refractivity contribution in [1.29, 1.82) is 0 Å². The number of likely N-dealkylation sites (N-methyl/N-ethyl adjacent to an activating group) is 1. The monoisotopic (exact) mass is 816 g/mol. The predicted octanol–water partition coefficient (Wildman–Crippen LogP) is 3.92. The maximum absolute atomic E-state index is 14.4. The van der Waals surface area contributed by atoms with Crippen LogP contribution in [0.5, 0.6) is 5.75 Å². The molecule has 0 aliphatic carbocycles. The predicted molar refractivity (Wildman–Crippen MR) is 211 cm³/mol. The summed E-state index contributed by atoms with van der Waals surface area (Å²) >= 11 is 0. The molecule has 0 aromatic heterocycles. The Balaban J connectivity index is 1.42. The summed E-state index contributed by atoms with van der Waals surface area (Å²) in [5.74, 6) is -3.70. The minimum atomic E-state index is -1.19. The van der Waals surface area contributed by atoms with Crippen LogP contribution in [0.25, 0.3) is 0 Å². The van der Waals surface area contributed by atoms with Gasteiger partial charge in [-0.1, -0.05) is 39.8 Å². The number of carbonyl (C=O) groups excluding carboxylic acids is 4. The average molecular weight is 817 g/mol. The fourth-order valence-corrected chi connectivity index (χ4v) is 9.64. The number of fused-ring (bicyclic) bond motifs is 1. The highest BCUT2D eigenvalue weighted by Crippen LogP contribution is 2.44. The zero-order valence-electron chi connectivity index (χ0n) is 35.6. The number of amides is 2. The van der Waals surface area contributed by atoms with E-state index < -0.39 is 83.5 Å². The molecule has 13 atom stereocenters. The smallest absolute Gasteiger partial charge is 0.410 e.